The lowest BCUT2D eigenvalue weighted by Gasteiger charge is -2.01. The van der Waals surface area contributed by atoms with Crippen molar-refractivity contribution in [2.75, 3.05) is 6.26 Å². The summed E-state index contributed by atoms with van der Waals surface area (Å²) >= 11 is 0.580. The standard InChI is InChI=1S/C6H3F4NS/c1-12-4-2(7)5(9)11-6(10)3(4)8/h1H3. The average molecular weight is 197 g/mol. The van der Waals surface area contributed by atoms with Crippen LogP contribution in [-0.2, 0) is 0 Å². The van der Waals surface area contributed by atoms with E-state index in [1.165, 1.54) is 6.26 Å². The summed E-state index contributed by atoms with van der Waals surface area (Å²) in [6.07, 6.45) is 1.31. The molecule has 0 spiro atoms. The first-order valence-electron chi connectivity index (χ1n) is 2.82. The van der Waals surface area contributed by atoms with E-state index in [0.29, 0.717) is 11.8 Å². The van der Waals surface area contributed by atoms with Gasteiger partial charge in [0.25, 0.3) is 11.9 Å². The third-order valence-corrected chi connectivity index (χ3v) is 1.93. The molecule has 0 aliphatic rings. The fourth-order valence-electron chi connectivity index (χ4n) is 0.647. The molecule has 12 heavy (non-hydrogen) atoms. The molecule has 0 bridgehead atoms. The van der Waals surface area contributed by atoms with E-state index in [2.05, 4.69) is 4.98 Å². The lowest BCUT2D eigenvalue weighted by Crippen LogP contribution is -2.01. The zero-order chi connectivity index (χ0) is 9.30. The average Bonchev–Trinajstić information content (AvgIpc) is 2.02. The van der Waals surface area contributed by atoms with E-state index in [1.807, 2.05) is 0 Å². The number of halogens is 4. The van der Waals surface area contributed by atoms with Crippen molar-refractivity contribution in [1.29, 1.82) is 0 Å². The van der Waals surface area contributed by atoms with Gasteiger partial charge in [-0.2, -0.15) is 13.8 Å². The summed E-state index contributed by atoms with van der Waals surface area (Å²) in [6.45, 7) is 0. The topological polar surface area (TPSA) is 12.9 Å². The highest BCUT2D eigenvalue weighted by molar-refractivity contribution is 7.98. The van der Waals surface area contributed by atoms with Crippen molar-refractivity contribution in [2.45, 2.75) is 4.90 Å². The molecule has 1 heterocycles. The second-order valence-electron chi connectivity index (χ2n) is 1.85. The van der Waals surface area contributed by atoms with Crippen LogP contribution in [0.25, 0.3) is 0 Å². The van der Waals surface area contributed by atoms with Gasteiger partial charge < -0.3 is 0 Å². The molecule has 66 valence electrons. The number of hydrogen-bond acceptors (Lipinski definition) is 2. The zero-order valence-electron chi connectivity index (χ0n) is 5.87. The normalized spacial score (nSPS) is 10.4. The minimum atomic E-state index is -1.63. The van der Waals surface area contributed by atoms with Crippen molar-refractivity contribution in [1.82, 2.24) is 4.98 Å². The Morgan fingerprint density at radius 1 is 1.00 bits per heavy atom. The molecule has 0 aromatic carbocycles. The summed E-state index contributed by atoms with van der Waals surface area (Å²) in [5, 5.41) is 0. The predicted octanol–water partition coefficient (Wildman–Crippen LogP) is 2.36. The van der Waals surface area contributed by atoms with Crippen LogP contribution in [0.1, 0.15) is 0 Å². The van der Waals surface area contributed by atoms with Crippen molar-refractivity contribution >= 4 is 11.8 Å². The maximum Gasteiger partial charge on any atom is 0.252 e. The van der Waals surface area contributed by atoms with Crippen LogP contribution in [0.15, 0.2) is 4.90 Å². The number of nitrogens with zero attached hydrogens (tertiary/aromatic N) is 1. The number of thioether (sulfide) groups is 1. The third-order valence-electron chi connectivity index (χ3n) is 1.16. The highest BCUT2D eigenvalue weighted by atomic mass is 32.2. The Morgan fingerprint density at radius 2 is 1.42 bits per heavy atom. The Balaban J connectivity index is 3.42. The summed E-state index contributed by atoms with van der Waals surface area (Å²) < 4.78 is 49.8. The molecule has 0 unspecified atom stereocenters. The Bertz CT molecular complexity index is 289. The number of pyridine rings is 1. The quantitative estimate of drug-likeness (QED) is 0.389. The molecule has 1 aromatic rings. The van der Waals surface area contributed by atoms with Gasteiger partial charge in [-0.1, -0.05) is 0 Å². The number of aromatic nitrogens is 1. The first-order valence-corrected chi connectivity index (χ1v) is 4.04. The van der Waals surface area contributed by atoms with Crippen LogP contribution in [0.3, 0.4) is 0 Å². The van der Waals surface area contributed by atoms with E-state index in [4.69, 9.17) is 0 Å². The van der Waals surface area contributed by atoms with Gasteiger partial charge in [-0.3, -0.25) is 0 Å². The molecule has 0 N–H and O–H groups in total. The first-order chi connectivity index (χ1) is 5.57. The highest BCUT2D eigenvalue weighted by Gasteiger charge is 2.19. The van der Waals surface area contributed by atoms with Crippen LogP contribution in [-0.4, -0.2) is 11.2 Å². The fraction of sp³-hybridized carbons (Fsp3) is 0.167. The first kappa shape index (κ1) is 9.31. The van der Waals surface area contributed by atoms with Gasteiger partial charge in [-0.25, -0.2) is 8.78 Å². The van der Waals surface area contributed by atoms with Crippen LogP contribution in [0.4, 0.5) is 17.6 Å². The molecule has 0 amide bonds. The molecule has 6 heteroatoms. The van der Waals surface area contributed by atoms with Gasteiger partial charge in [0.05, 0.1) is 4.90 Å². The van der Waals surface area contributed by atoms with E-state index < -0.39 is 28.4 Å². The summed E-state index contributed by atoms with van der Waals surface area (Å²) in [4.78, 5) is 1.69. The molecule has 0 atom stereocenters. The van der Waals surface area contributed by atoms with Crippen LogP contribution in [0.2, 0.25) is 0 Å². The smallest absolute Gasteiger partial charge is 0.201 e. The largest absolute Gasteiger partial charge is 0.252 e. The maximum atomic E-state index is 12.6. The summed E-state index contributed by atoms with van der Waals surface area (Å²) in [7, 11) is 0. The molecule has 0 fully saturated rings. The van der Waals surface area contributed by atoms with Crippen molar-refractivity contribution in [2.24, 2.45) is 0 Å². The number of rotatable bonds is 1. The predicted molar refractivity (Wildman–Crippen MR) is 35.9 cm³/mol. The van der Waals surface area contributed by atoms with Gasteiger partial charge in [0.1, 0.15) is 0 Å². The van der Waals surface area contributed by atoms with E-state index >= 15 is 0 Å². The van der Waals surface area contributed by atoms with E-state index in [1.54, 1.807) is 0 Å². The second-order valence-corrected chi connectivity index (χ2v) is 2.67. The van der Waals surface area contributed by atoms with Crippen molar-refractivity contribution in [3.63, 3.8) is 0 Å². The van der Waals surface area contributed by atoms with Gasteiger partial charge in [0, 0.05) is 0 Å². The monoisotopic (exact) mass is 197 g/mol. The Hall–Kier alpha value is -0.780. The molecule has 1 rings (SSSR count). The molecular formula is C6H3F4NS. The SMILES string of the molecule is CSc1c(F)c(F)nc(F)c1F. The molecule has 1 aromatic heterocycles. The van der Waals surface area contributed by atoms with Gasteiger partial charge in [0.2, 0.25) is 0 Å². The lowest BCUT2D eigenvalue weighted by atomic mass is 10.4. The third kappa shape index (κ3) is 1.38. The van der Waals surface area contributed by atoms with Crippen molar-refractivity contribution < 1.29 is 17.6 Å². The molecular weight excluding hydrogens is 194 g/mol. The molecule has 0 saturated heterocycles. The van der Waals surface area contributed by atoms with Gasteiger partial charge >= 0.3 is 0 Å². The Kier molecular flexibility index (Phi) is 2.56. The highest BCUT2D eigenvalue weighted by Crippen LogP contribution is 2.24. The summed E-state index contributed by atoms with van der Waals surface area (Å²) in [6, 6.07) is 0. The van der Waals surface area contributed by atoms with Gasteiger partial charge in [-0.15, -0.1) is 11.8 Å². The van der Waals surface area contributed by atoms with Crippen molar-refractivity contribution in [3.05, 3.63) is 23.5 Å². The summed E-state index contributed by atoms with van der Waals surface area (Å²) in [5.74, 6) is -6.17. The van der Waals surface area contributed by atoms with Crippen LogP contribution in [0.5, 0.6) is 0 Å². The van der Waals surface area contributed by atoms with Crippen LogP contribution < -0.4 is 0 Å². The maximum absolute atomic E-state index is 12.6. The molecule has 0 aliphatic heterocycles. The molecule has 0 radical (unpaired) electrons. The molecule has 1 nitrogen and oxygen atoms in total. The second kappa shape index (κ2) is 3.30. The van der Waals surface area contributed by atoms with E-state index in [0.717, 1.165) is 0 Å². The molecule has 0 saturated carbocycles. The van der Waals surface area contributed by atoms with Crippen LogP contribution >= 0.6 is 11.8 Å². The zero-order valence-corrected chi connectivity index (χ0v) is 6.68. The Labute approximate surface area is 69.8 Å². The minimum absolute atomic E-state index is 0.580. The number of hydrogen-bond donors (Lipinski definition) is 0. The van der Waals surface area contributed by atoms with Crippen molar-refractivity contribution in [3.8, 4) is 0 Å². The van der Waals surface area contributed by atoms with E-state index in [9.17, 15) is 17.6 Å². The van der Waals surface area contributed by atoms with Crippen LogP contribution in [0, 0.1) is 23.5 Å². The Morgan fingerprint density at radius 3 is 1.75 bits per heavy atom. The minimum Gasteiger partial charge on any atom is -0.201 e. The lowest BCUT2D eigenvalue weighted by molar-refractivity contribution is 0.383. The molecule has 0 aliphatic carbocycles. The fourth-order valence-corrected chi connectivity index (χ4v) is 1.17. The summed E-state index contributed by atoms with van der Waals surface area (Å²) in [5.41, 5.74) is 0. The van der Waals surface area contributed by atoms with E-state index in [-0.39, 0.29) is 0 Å². The van der Waals surface area contributed by atoms with Gasteiger partial charge in [-0.05, 0) is 6.26 Å². The van der Waals surface area contributed by atoms with Gasteiger partial charge in [0.15, 0.2) is 11.6 Å².